The zero-order valence-corrected chi connectivity index (χ0v) is 17.0. The van der Waals surface area contributed by atoms with Crippen LogP contribution in [0.1, 0.15) is 5.56 Å². The van der Waals surface area contributed by atoms with E-state index in [1.54, 1.807) is 24.3 Å². The summed E-state index contributed by atoms with van der Waals surface area (Å²) in [6.07, 6.45) is 1.07. The van der Waals surface area contributed by atoms with Gasteiger partial charge >= 0.3 is 0 Å². The third-order valence-corrected chi connectivity index (χ3v) is 5.10. The van der Waals surface area contributed by atoms with Crippen LogP contribution in [-0.2, 0) is 14.8 Å². The summed E-state index contributed by atoms with van der Waals surface area (Å²) in [5.74, 6) is 0.328. The number of ether oxygens (including phenoxy) is 1. The molecule has 6 nitrogen and oxygen atoms in total. The zero-order chi connectivity index (χ0) is 19.2. The molecular weight excluding hydrogens is 420 g/mol. The molecule has 2 aromatic rings. The molecule has 0 spiro atoms. The van der Waals surface area contributed by atoms with Gasteiger partial charge in [0.05, 0.1) is 18.5 Å². The van der Waals surface area contributed by atoms with Crippen LogP contribution < -0.4 is 14.4 Å². The Morgan fingerprint density at radius 3 is 2.58 bits per heavy atom. The molecule has 0 unspecified atom stereocenters. The lowest BCUT2D eigenvalue weighted by Gasteiger charge is -2.22. The molecule has 0 saturated carbocycles. The van der Waals surface area contributed by atoms with Gasteiger partial charge in [0.2, 0.25) is 15.9 Å². The van der Waals surface area contributed by atoms with E-state index in [1.807, 2.05) is 31.2 Å². The summed E-state index contributed by atoms with van der Waals surface area (Å²) in [6.45, 7) is 2.25. The second kappa shape index (κ2) is 9.05. The highest BCUT2D eigenvalue weighted by molar-refractivity contribution is 9.10. The molecule has 0 saturated heterocycles. The third-order valence-electron chi connectivity index (χ3n) is 3.47. The van der Waals surface area contributed by atoms with E-state index in [4.69, 9.17) is 4.74 Å². The smallest absolute Gasteiger partial charge is 0.240 e. The fraction of sp³-hybridized carbons (Fsp3) is 0.278. The first-order valence-electron chi connectivity index (χ1n) is 7.95. The van der Waals surface area contributed by atoms with Crippen LogP contribution >= 0.6 is 15.9 Å². The highest BCUT2D eigenvalue weighted by Crippen LogP contribution is 2.21. The standard InChI is InChI=1S/C18H21BrN2O4S/c1-14-5-3-8-17(11-14)25-10-9-20-18(22)13-21(26(2,23)24)16-7-4-6-15(19)12-16/h3-8,11-12H,9-10,13H2,1-2H3,(H,20,22). The van der Waals surface area contributed by atoms with Crippen LogP contribution in [0.2, 0.25) is 0 Å². The Bertz CT molecular complexity index is 871. The predicted octanol–water partition coefficient (Wildman–Crippen LogP) is 2.72. The maximum atomic E-state index is 12.1. The molecule has 0 bridgehead atoms. The number of carbonyl (C=O) groups is 1. The Morgan fingerprint density at radius 1 is 1.19 bits per heavy atom. The van der Waals surface area contributed by atoms with E-state index in [2.05, 4.69) is 21.2 Å². The van der Waals surface area contributed by atoms with Crippen LogP contribution in [-0.4, -0.2) is 40.3 Å². The number of rotatable bonds is 8. The third kappa shape index (κ3) is 6.34. The molecule has 2 aromatic carbocycles. The van der Waals surface area contributed by atoms with Gasteiger partial charge in [-0.3, -0.25) is 9.10 Å². The molecule has 0 fully saturated rings. The monoisotopic (exact) mass is 440 g/mol. The van der Waals surface area contributed by atoms with Gasteiger partial charge in [-0.1, -0.05) is 34.1 Å². The summed E-state index contributed by atoms with van der Waals surface area (Å²) in [7, 11) is -3.59. The van der Waals surface area contributed by atoms with E-state index >= 15 is 0 Å². The van der Waals surface area contributed by atoms with Crippen molar-refractivity contribution in [3.05, 3.63) is 58.6 Å². The number of anilines is 1. The number of aryl methyl sites for hydroxylation is 1. The Kier molecular flexibility index (Phi) is 7.05. The van der Waals surface area contributed by atoms with E-state index < -0.39 is 15.9 Å². The van der Waals surface area contributed by atoms with Crippen molar-refractivity contribution in [2.45, 2.75) is 6.92 Å². The lowest BCUT2D eigenvalue weighted by molar-refractivity contribution is -0.119. The first kappa shape index (κ1) is 20.3. The minimum Gasteiger partial charge on any atom is -0.492 e. The van der Waals surface area contributed by atoms with Crippen molar-refractivity contribution in [1.29, 1.82) is 0 Å². The van der Waals surface area contributed by atoms with Gasteiger partial charge < -0.3 is 10.1 Å². The van der Waals surface area contributed by atoms with Gasteiger partial charge in [0, 0.05) is 4.47 Å². The van der Waals surface area contributed by atoms with Gasteiger partial charge in [-0.2, -0.15) is 0 Å². The summed E-state index contributed by atoms with van der Waals surface area (Å²) in [6, 6.07) is 14.4. The average Bonchev–Trinajstić information content (AvgIpc) is 2.55. The fourth-order valence-corrected chi connectivity index (χ4v) is 3.52. The van der Waals surface area contributed by atoms with E-state index in [1.165, 1.54) is 0 Å². The molecule has 0 atom stereocenters. The molecule has 0 aromatic heterocycles. The van der Waals surface area contributed by atoms with Crippen LogP contribution in [0.15, 0.2) is 53.0 Å². The lowest BCUT2D eigenvalue weighted by Crippen LogP contribution is -2.41. The number of nitrogens with zero attached hydrogens (tertiary/aromatic N) is 1. The summed E-state index contributed by atoms with van der Waals surface area (Å²) < 4.78 is 31.4. The number of nitrogens with one attached hydrogen (secondary N) is 1. The molecule has 8 heteroatoms. The molecule has 1 N–H and O–H groups in total. The average molecular weight is 441 g/mol. The molecule has 0 aliphatic rings. The first-order valence-corrected chi connectivity index (χ1v) is 10.6. The van der Waals surface area contributed by atoms with E-state index in [-0.39, 0.29) is 13.1 Å². The van der Waals surface area contributed by atoms with Crippen LogP contribution in [0.5, 0.6) is 5.75 Å². The number of benzene rings is 2. The summed E-state index contributed by atoms with van der Waals surface area (Å²) >= 11 is 3.30. The Hall–Kier alpha value is -2.06. The van der Waals surface area contributed by atoms with E-state index in [0.29, 0.717) is 12.3 Å². The molecule has 1 amide bonds. The number of hydrogen-bond acceptors (Lipinski definition) is 4. The van der Waals surface area contributed by atoms with Crippen LogP contribution in [0, 0.1) is 6.92 Å². The number of sulfonamides is 1. The summed E-state index contributed by atoms with van der Waals surface area (Å²) in [5.41, 5.74) is 1.51. The molecule has 140 valence electrons. The minimum absolute atomic E-state index is 0.281. The number of hydrogen-bond donors (Lipinski definition) is 1. The van der Waals surface area contributed by atoms with Gasteiger partial charge in [0.15, 0.2) is 0 Å². The maximum Gasteiger partial charge on any atom is 0.240 e. The quantitative estimate of drug-likeness (QED) is 0.640. The second-order valence-electron chi connectivity index (χ2n) is 5.76. The van der Waals surface area contributed by atoms with Crippen molar-refractivity contribution in [2.24, 2.45) is 0 Å². The second-order valence-corrected chi connectivity index (χ2v) is 8.59. The van der Waals surface area contributed by atoms with Crippen molar-refractivity contribution in [3.63, 3.8) is 0 Å². The lowest BCUT2D eigenvalue weighted by atomic mass is 10.2. The topological polar surface area (TPSA) is 75.7 Å². The van der Waals surface area contributed by atoms with Crippen molar-refractivity contribution < 1.29 is 17.9 Å². The zero-order valence-electron chi connectivity index (χ0n) is 14.6. The van der Waals surface area contributed by atoms with Gasteiger partial charge in [-0.15, -0.1) is 0 Å². The van der Waals surface area contributed by atoms with Crippen LogP contribution in [0.25, 0.3) is 0 Å². The molecular formula is C18H21BrN2O4S. The highest BCUT2D eigenvalue weighted by atomic mass is 79.9. The SMILES string of the molecule is Cc1cccc(OCCNC(=O)CN(c2cccc(Br)c2)S(C)(=O)=O)c1. The van der Waals surface area contributed by atoms with Gasteiger partial charge in [0.25, 0.3) is 0 Å². The number of halogens is 1. The Morgan fingerprint density at radius 2 is 1.92 bits per heavy atom. The van der Waals surface area contributed by atoms with E-state index in [9.17, 15) is 13.2 Å². The number of carbonyl (C=O) groups excluding carboxylic acids is 1. The molecule has 0 aliphatic heterocycles. The van der Waals surface area contributed by atoms with Gasteiger partial charge in [-0.05, 0) is 42.8 Å². The van der Waals surface area contributed by atoms with Crippen LogP contribution in [0.4, 0.5) is 5.69 Å². The Labute approximate surface area is 162 Å². The van der Waals surface area contributed by atoms with Gasteiger partial charge in [0.1, 0.15) is 18.9 Å². The summed E-state index contributed by atoms with van der Waals surface area (Å²) in [5, 5.41) is 2.67. The maximum absolute atomic E-state index is 12.1. The molecule has 0 aliphatic carbocycles. The van der Waals surface area contributed by atoms with Crippen molar-refractivity contribution in [2.75, 3.05) is 30.3 Å². The molecule has 0 radical (unpaired) electrons. The molecule has 26 heavy (non-hydrogen) atoms. The molecule has 2 rings (SSSR count). The van der Waals surface area contributed by atoms with Gasteiger partial charge in [-0.25, -0.2) is 8.42 Å². The largest absolute Gasteiger partial charge is 0.492 e. The highest BCUT2D eigenvalue weighted by Gasteiger charge is 2.20. The summed E-state index contributed by atoms with van der Waals surface area (Å²) in [4.78, 5) is 12.1. The van der Waals surface area contributed by atoms with Crippen LogP contribution in [0.3, 0.4) is 0 Å². The first-order chi connectivity index (χ1) is 12.3. The van der Waals surface area contributed by atoms with Crippen molar-refractivity contribution in [1.82, 2.24) is 5.32 Å². The normalized spacial score (nSPS) is 11.0. The Balaban J connectivity index is 1.89. The fourth-order valence-electron chi connectivity index (χ4n) is 2.28. The van der Waals surface area contributed by atoms with E-state index in [0.717, 1.165) is 26.3 Å². The minimum atomic E-state index is -3.59. The number of amides is 1. The predicted molar refractivity (Wildman–Crippen MR) is 106 cm³/mol. The molecule has 0 heterocycles. The van der Waals surface area contributed by atoms with Crippen molar-refractivity contribution >= 4 is 37.5 Å². The van der Waals surface area contributed by atoms with Crippen molar-refractivity contribution in [3.8, 4) is 5.75 Å².